The molecule has 0 radical (unpaired) electrons. The zero-order valence-corrected chi connectivity index (χ0v) is 13.6. The Bertz CT molecular complexity index is 720. The van der Waals surface area contributed by atoms with Gasteiger partial charge in [-0.15, -0.1) is 11.3 Å². The molecular weight excluding hydrogens is 278 g/mol. The Labute approximate surface area is 129 Å². The van der Waals surface area contributed by atoms with Gasteiger partial charge in [-0.2, -0.15) is 0 Å². The van der Waals surface area contributed by atoms with E-state index in [0.717, 1.165) is 18.1 Å². The molecule has 0 aliphatic rings. The van der Waals surface area contributed by atoms with Crippen LogP contribution in [-0.4, -0.2) is 15.1 Å². The van der Waals surface area contributed by atoms with Gasteiger partial charge in [-0.1, -0.05) is 18.2 Å². The van der Waals surface area contributed by atoms with Crippen LogP contribution < -0.4 is 5.32 Å². The molecule has 0 fully saturated rings. The predicted molar refractivity (Wildman–Crippen MR) is 89.7 cm³/mol. The van der Waals surface area contributed by atoms with Gasteiger partial charge in [0.05, 0.1) is 6.54 Å². The summed E-state index contributed by atoms with van der Waals surface area (Å²) < 4.78 is 2.30. The molecule has 0 amide bonds. The number of hydrogen-bond donors (Lipinski definition) is 1. The van der Waals surface area contributed by atoms with Gasteiger partial charge >= 0.3 is 0 Å². The summed E-state index contributed by atoms with van der Waals surface area (Å²) in [4.78, 5) is 4.39. The van der Waals surface area contributed by atoms with Crippen molar-refractivity contribution in [2.24, 2.45) is 0 Å². The lowest BCUT2D eigenvalue weighted by Crippen LogP contribution is -2.34. The first kappa shape index (κ1) is 14.3. The van der Waals surface area contributed by atoms with Gasteiger partial charge in [-0.3, -0.25) is 0 Å². The Morgan fingerprint density at radius 2 is 2.05 bits per heavy atom. The molecule has 0 saturated carbocycles. The van der Waals surface area contributed by atoms with Crippen LogP contribution in [0.3, 0.4) is 0 Å². The monoisotopic (exact) mass is 299 g/mol. The molecule has 1 N–H and O–H groups in total. The van der Waals surface area contributed by atoms with Crippen molar-refractivity contribution < 1.29 is 0 Å². The topological polar surface area (TPSA) is 29.9 Å². The molecule has 3 aromatic rings. The van der Waals surface area contributed by atoms with E-state index < -0.39 is 0 Å². The van der Waals surface area contributed by atoms with Crippen molar-refractivity contribution in [1.29, 1.82) is 0 Å². The normalized spacial score (nSPS) is 12.1. The van der Waals surface area contributed by atoms with E-state index in [9.17, 15) is 0 Å². The Kier molecular flexibility index (Phi) is 3.83. The Morgan fingerprint density at radius 3 is 2.76 bits per heavy atom. The van der Waals surface area contributed by atoms with E-state index in [1.807, 2.05) is 11.6 Å². The molecule has 110 valence electrons. The molecule has 1 aromatic carbocycles. The number of aromatic nitrogens is 2. The number of para-hydroxylation sites is 1. The van der Waals surface area contributed by atoms with Crippen molar-refractivity contribution in [1.82, 2.24) is 14.9 Å². The molecular formula is C17H21N3S. The molecule has 2 aromatic heterocycles. The van der Waals surface area contributed by atoms with Crippen molar-refractivity contribution in [3.05, 3.63) is 52.6 Å². The number of nitrogens with one attached hydrogen (secondary N) is 1. The maximum atomic E-state index is 4.39. The van der Waals surface area contributed by atoms with E-state index in [0.29, 0.717) is 0 Å². The zero-order chi connectivity index (χ0) is 14.9. The summed E-state index contributed by atoms with van der Waals surface area (Å²) >= 11 is 1.71. The van der Waals surface area contributed by atoms with E-state index in [-0.39, 0.29) is 5.54 Å². The molecule has 3 rings (SSSR count). The van der Waals surface area contributed by atoms with Crippen LogP contribution in [0.4, 0.5) is 0 Å². The number of hydrogen-bond acceptors (Lipinski definition) is 3. The first-order valence-corrected chi connectivity index (χ1v) is 8.11. The standard InChI is InChI=1S/C17H21N3S/c1-17(2,3)19-10-13-11-20(12-16-18-8-9-21-16)15-7-5-4-6-14(13)15/h4-9,11,19H,10,12H2,1-3H3. The minimum atomic E-state index is 0.124. The van der Waals surface area contributed by atoms with E-state index in [4.69, 9.17) is 0 Å². The third kappa shape index (κ3) is 3.34. The Morgan fingerprint density at radius 1 is 1.24 bits per heavy atom. The lowest BCUT2D eigenvalue weighted by atomic mass is 10.1. The van der Waals surface area contributed by atoms with Gasteiger partial charge in [0.2, 0.25) is 0 Å². The summed E-state index contributed by atoms with van der Waals surface area (Å²) in [6, 6.07) is 8.59. The van der Waals surface area contributed by atoms with Crippen LogP contribution in [0.15, 0.2) is 42.0 Å². The second-order valence-corrected chi connectivity index (χ2v) is 7.31. The van der Waals surface area contributed by atoms with Gasteiger partial charge < -0.3 is 9.88 Å². The van der Waals surface area contributed by atoms with Crippen molar-refractivity contribution in [2.75, 3.05) is 0 Å². The maximum Gasteiger partial charge on any atom is 0.112 e. The lowest BCUT2D eigenvalue weighted by Gasteiger charge is -2.20. The fourth-order valence-electron chi connectivity index (χ4n) is 2.43. The van der Waals surface area contributed by atoms with E-state index in [1.54, 1.807) is 11.3 Å². The molecule has 4 heteroatoms. The molecule has 2 heterocycles. The summed E-state index contributed by atoms with van der Waals surface area (Å²) in [5.74, 6) is 0. The van der Waals surface area contributed by atoms with Crippen LogP contribution in [-0.2, 0) is 13.1 Å². The number of benzene rings is 1. The number of rotatable bonds is 4. The summed E-state index contributed by atoms with van der Waals surface area (Å²) in [7, 11) is 0. The smallest absolute Gasteiger partial charge is 0.112 e. The molecule has 21 heavy (non-hydrogen) atoms. The first-order chi connectivity index (χ1) is 10.0. The van der Waals surface area contributed by atoms with E-state index in [2.05, 4.69) is 66.1 Å². The van der Waals surface area contributed by atoms with E-state index >= 15 is 0 Å². The highest BCUT2D eigenvalue weighted by Gasteiger charge is 2.13. The minimum Gasteiger partial charge on any atom is -0.340 e. The quantitative estimate of drug-likeness (QED) is 0.788. The highest BCUT2D eigenvalue weighted by Crippen LogP contribution is 2.23. The van der Waals surface area contributed by atoms with Crippen molar-refractivity contribution in [3.63, 3.8) is 0 Å². The number of nitrogens with zero attached hydrogens (tertiary/aromatic N) is 2. The van der Waals surface area contributed by atoms with E-state index in [1.165, 1.54) is 16.5 Å². The minimum absolute atomic E-state index is 0.124. The van der Waals surface area contributed by atoms with Crippen molar-refractivity contribution in [2.45, 2.75) is 39.4 Å². The summed E-state index contributed by atoms with van der Waals surface area (Å²) in [6.45, 7) is 8.31. The summed E-state index contributed by atoms with van der Waals surface area (Å²) in [6.07, 6.45) is 4.12. The fourth-order valence-corrected chi connectivity index (χ4v) is 3.05. The maximum absolute atomic E-state index is 4.39. The second kappa shape index (κ2) is 5.62. The average molecular weight is 299 g/mol. The van der Waals surface area contributed by atoms with Crippen molar-refractivity contribution >= 4 is 22.2 Å². The highest BCUT2D eigenvalue weighted by atomic mass is 32.1. The first-order valence-electron chi connectivity index (χ1n) is 7.23. The molecule has 0 aliphatic heterocycles. The van der Waals surface area contributed by atoms with Crippen LogP contribution >= 0.6 is 11.3 Å². The molecule has 0 atom stereocenters. The van der Waals surface area contributed by atoms with Crippen LogP contribution in [0.2, 0.25) is 0 Å². The third-order valence-electron chi connectivity index (χ3n) is 3.47. The molecule has 0 bridgehead atoms. The van der Waals surface area contributed by atoms with Gasteiger partial charge in [0.25, 0.3) is 0 Å². The van der Waals surface area contributed by atoms with Crippen LogP contribution in [0.5, 0.6) is 0 Å². The average Bonchev–Trinajstić information content (AvgIpc) is 3.05. The predicted octanol–water partition coefficient (Wildman–Crippen LogP) is 4.03. The van der Waals surface area contributed by atoms with Gasteiger partial charge in [-0.05, 0) is 32.4 Å². The zero-order valence-electron chi connectivity index (χ0n) is 12.8. The third-order valence-corrected chi connectivity index (χ3v) is 4.23. The number of fused-ring (bicyclic) bond motifs is 1. The fraction of sp³-hybridized carbons (Fsp3) is 0.353. The van der Waals surface area contributed by atoms with Crippen LogP contribution in [0.25, 0.3) is 10.9 Å². The molecule has 0 aliphatic carbocycles. The molecule has 0 unspecified atom stereocenters. The molecule has 0 spiro atoms. The van der Waals surface area contributed by atoms with Crippen LogP contribution in [0.1, 0.15) is 31.3 Å². The Hall–Kier alpha value is -1.65. The van der Waals surface area contributed by atoms with Gasteiger partial charge in [0.1, 0.15) is 5.01 Å². The van der Waals surface area contributed by atoms with Gasteiger partial charge in [-0.25, -0.2) is 4.98 Å². The number of thiazole rings is 1. The SMILES string of the molecule is CC(C)(C)NCc1cn(Cc2nccs2)c2ccccc12. The highest BCUT2D eigenvalue weighted by molar-refractivity contribution is 7.09. The van der Waals surface area contributed by atoms with Crippen molar-refractivity contribution in [3.8, 4) is 0 Å². The van der Waals surface area contributed by atoms with Gasteiger partial charge in [0.15, 0.2) is 0 Å². The van der Waals surface area contributed by atoms with Crippen LogP contribution in [0, 0.1) is 0 Å². The molecule has 0 saturated heterocycles. The van der Waals surface area contributed by atoms with Gasteiger partial charge in [0, 0.05) is 40.8 Å². The molecule has 3 nitrogen and oxygen atoms in total. The summed E-state index contributed by atoms with van der Waals surface area (Å²) in [5, 5.41) is 8.08. The largest absolute Gasteiger partial charge is 0.340 e. The lowest BCUT2D eigenvalue weighted by molar-refractivity contribution is 0.425. The summed E-state index contributed by atoms with van der Waals surface area (Å²) in [5.41, 5.74) is 2.74. The second-order valence-electron chi connectivity index (χ2n) is 6.33. The Balaban J connectivity index is 1.94.